The SMILES string of the molecule is CN(Cc1cc(Br)cs1)C(=O)CNCC(F)(F)F. The van der Waals surface area contributed by atoms with Crippen LogP contribution in [0.4, 0.5) is 13.2 Å². The van der Waals surface area contributed by atoms with E-state index in [4.69, 9.17) is 0 Å². The number of thiophene rings is 1. The van der Waals surface area contributed by atoms with Gasteiger partial charge in [0.2, 0.25) is 5.91 Å². The van der Waals surface area contributed by atoms with Crippen molar-refractivity contribution in [3.8, 4) is 0 Å². The maximum absolute atomic E-state index is 11.9. The van der Waals surface area contributed by atoms with Crippen LogP contribution in [0.5, 0.6) is 0 Å². The molecule has 0 saturated heterocycles. The summed E-state index contributed by atoms with van der Waals surface area (Å²) >= 11 is 4.77. The minimum atomic E-state index is -4.29. The lowest BCUT2D eigenvalue weighted by Crippen LogP contribution is -2.38. The molecule has 0 radical (unpaired) electrons. The monoisotopic (exact) mass is 344 g/mol. The highest BCUT2D eigenvalue weighted by atomic mass is 79.9. The fourth-order valence-electron chi connectivity index (χ4n) is 1.20. The van der Waals surface area contributed by atoms with Gasteiger partial charge < -0.3 is 10.2 Å². The molecule has 3 nitrogen and oxygen atoms in total. The normalized spacial score (nSPS) is 11.6. The van der Waals surface area contributed by atoms with Crippen molar-refractivity contribution in [3.05, 3.63) is 20.8 Å². The van der Waals surface area contributed by atoms with Gasteiger partial charge in [-0.2, -0.15) is 13.2 Å². The number of amides is 1. The van der Waals surface area contributed by atoms with E-state index in [0.717, 1.165) is 9.35 Å². The molecule has 0 fully saturated rings. The van der Waals surface area contributed by atoms with E-state index in [0.29, 0.717) is 6.54 Å². The van der Waals surface area contributed by atoms with E-state index in [1.165, 1.54) is 16.2 Å². The molecule has 1 aromatic heterocycles. The summed E-state index contributed by atoms with van der Waals surface area (Å²) in [6, 6.07) is 1.87. The Morgan fingerprint density at radius 3 is 2.72 bits per heavy atom. The van der Waals surface area contributed by atoms with E-state index in [1.807, 2.05) is 11.4 Å². The average Bonchev–Trinajstić information content (AvgIpc) is 2.61. The number of nitrogens with zero attached hydrogens (tertiary/aromatic N) is 1. The van der Waals surface area contributed by atoms with Crippen LogP contribution < -0.4 is 5.32 Å². The van der Waals surface area contributed by atoms with E-state index in [-0.39, 0.29) is 12.5 Å². The summed E-state index contributed by atoms with van der Waals surface area (Å²) in [6.07, 6.45) is -4.29. The number of halogens is 4. The van der Waals surface area contributed by atoms with E-state index in [2.05, 4.69) is 21.2 Å². The molecule has 0 aliphatic carbocycles. The Balaban J connectivity index is 2.33. The number of alkyl halides is 3. The molecule has 0 atom stereocenters. The van der Waals surface area contributed by atoms with Gasteiger partial charge >= 0.3 is 6.18 Å². The van der Waals surface area contributed by atoms with Gasteiger partial charge in [0, 0.05) is 21.8 Å². The summed E-state index contributed by atoms with van der Waals surface area (Å²) in [5, 5.41) is 3.96. The van der Waals surface area contributed by atoms with Gasteiger partial charge in [0.05, 0.1) is 19.6 Å². The standard InChI is InChI=1S/C10H12BrF3N2OS/c1-16(4-8-2-7(11)5-18-8)9(17)3-15-6-10(12,13)14/h2,5,15H,3-4,6H2,1H3. The van der Waals surface area contributed by atoms with Crippen molar-refractivity contribution in [2.75, 3.05) is 20.1 Å². The van der Waals surface area contributed by atoms with Gasteiger partial charge in [-0.05, 0) is 22.0 Å². The molecule has 1 N–H and O–H groups in total. The van der Waals surface area contributed by atoms with E-state index < -0.39 is 12.7 Å². The first kappa shape index (κ1) is 15.5. The Hall–Kier alpha value is -0.600. The summed E-state index contributed by atoms with van der Waals surface area (Å²) in [5.74, 6) is -0.372. The van der Waals surface area contributed by atoms with Crippen LogP contribution in [0.25, 0.3) is 0 Å². The summed E-state index contributed by atoms with van der Waals surface area (Å²) in [5.41, 5.74) is 0. The molecule has 0 saturated carbocycles. The predicted molar refractivity (Wildman–Crippen MR) is 67.4 cm³/mol. The first-order chi connectivity index (χ1) is 8.28. The summed E-state index contributed by atoms with van der Waals surface area (Å²) in [7, 11) is 1.56. The number of likely N-dealkylation sites (N-methyl/N-ethyl adjacent to an activating group) is 1. The molecule has 8 heteroatoms. The third kappa shape index (κ3) is 5.83. The second kappa shape index (κ2) is 6.53. The second-order valence-corrected chi connectivity index (χ2v) is 5.61. The molecule has 1 heterocycles. The van der Waals surface area contributed by atoms with Crippen molar-refractivity contribution >= 4 is 33.2 Å². The maximum Gasteiger partial charge on any atom is 0.401 e. The first-order valence-electron chi connectivity index (χ1n) is 5.02. The molecule has 1 amide bonds. The smallest absolute Gasteiger partial charge is 0.340 e. The molecule has 0 aromatic carbocycles. The van der Waals surface area contributed by atoms with Gasteiger partial charge in [-0.1, -0.05) is 0 Å². The largest absolute Gasteiger partial charge is 0.401 e. The van der Waals surface area contributed by atoms with Crippen molar-refractivity contribution in [1.82, 2.24) is 10.2 Å². The molecule has 1 aromatic rings. The third-order valence-electron chi connectivity index (χ3n) is 2.04. The zero-order valence-electron chi connectivity index (χ0n) is 9.55. The molecule has 0 unspecified atom stereocenters. The first-order valence-corrected chi connectivity index (χ1v) is 6.69. The lowest BCUT2D eigenvalue weighted by atomic mass is 10.4. The fraction of sp³-hybridized carbons (Fsp3) is 0.500. The van der Waals surface area contributed by atoms with Crippen LogP contribution in [0.1, 0.15) is 4.88 Å². The van der Waals surface area contributed by atoms with Crippen molar-refractivity contribution in [1.29, 1.82) is 0 Å². The summed E-state index contributed by atoms with van der Waals surface area (Å²) < 4.78 is 36.5. The zero-order chi connectivity index (χ0) is 13.8. The van der Waals surface area contributed by atoms with Crippen LogP contribution in [0, 0.1) is 0 Å². The Bertz CT molecular complexity index is 408. The van der Waals surface area contributed by atoms with Crippen molar-refractivity contribution in [2.45, 2.75) is 12.7 Å². The quantitative estimate of drug-likeness (QED) is 0.890. The Morgan fingerprint density at radius 1 is 1.56 bits per heavy atom. The van der Waals surface area contributed by atoms with Gasteiger partial charge in [0.25, 0.3) is 0 Å². The number of nitrogens with one attached hydrogen (secondary N) is 1. The van der Waals surface area contributed by atoms with Crippen LogP contribution in [-0.2, 0) is 11.3 Å². The van der Waals surface area contributed by atoms with Crippen molar-refractivity contribution in [2.24, 2.45) is 0 Å². The molecule has 0 spiro atoms. The summed E-state index contributed by atoms with van der Waals surface area (Å²) in [6.45, 7) is -1.08. The molecule has 0 aliphatic rings. The minimum Gasteiger partial charge on any atom is -0.340 e. The Kier molecular flexibility index (Phi) is 5.61. The van der Waals surface area contributed by atoms with Gasteiger partial charge in [0.1, 0.15) is 0 Å². The van der Waals surface area contributed by atoms with Crippen molar-refractivity contribution < 1.29 is 18.0 Å². The second-order valence-electron chi connectivity index (χ2n) is 3.70. The predicted octanol–water partition coefficient (Wildman–Crippen LogP) is 2.62. The van der Waals surface area contributed by atoms with Gasteiger partial charge in [-0.3, -0.25) is 4.79 Å². The highest BCUT2D eigenvalue weighted by molar-refractivity contribution is 9.10. The Labute approximate surface area is 115 Å². The molecule has 0 bridgehead atoms. The molecular formula is C10H12BrF3N2OS. The van der Waals surface area contributed by atoms with Crippen LogP contribution in [0.3, 0.4) is 0 Å². The van der Waals surface area contributed by atoms with E-state index >= 15 is 0 Å². The van der Waals surface area contributed by atoms with E-state index in [9.17, 15) is 18.0 Å². The van der Waals surface area contributed by atoms with Crippen molar-refractivity contribution in [3.63, 3.8) is 0 Å². The lowest BCUT2D eigenvalue weighted by Gasteiger charge is -2.17. The zero-order valence-corrected chi connectivity index (χ0v) is 12.0. The fourth-order valence-corrected chi connectivity index (χ4v) is 2.71. The van der Waals surface area contributed by atoms with Gasteiger partial charge in [0.15, 0.2) is 0 Å². The molecule has 1 rings (SSSR count). The van der Waals surface area contributed by atoms with Crippen LogP contribution in [-0.4, -0.2) is 37.1 Å². The highest BCUT2D eigenvalue weighted by Gasteiger charge is 2.26. The highest BCUT2D eigenvalue weighted by Crippen LogP contribution is 2.20. The number of hydrogen-bond acceptors (Lipinski definition) is 3. The number of carbonyl (C=O) groups excluding carboxylic acids is 1. The minimum absolute atomic E-state index is 0.317. The maximum atomic E-state index is 11.9. The Morgan fingerprint density at radius 2 is 2.22 bits per heavy atom. The lowest BCUT2D eigenvalue weighted by molar-refractivity contribution is -0.133. The van der Waals surface area contributed by atoms with Crippen LogP contribution in [0.2, 0.25) is 0 Å². The van der Waals surface area contributed by atoms with Crippen LogP contribution in [0.15, 0.2) is 15.9 Å². The number of carbonyl (C=O) groups is 1. The number of hydrogen-bond donors (Lipinski definition) is 1. The molecular weight excluding hydrogens is 333 g/mol. The molecule has 0 aliphatic heterocycles. The number of rotatable bonds is 5. The molecule has 18 heavy (non-hydrogen) atoms. The van der Waals surface area contributed by atoms with Crippen LogP contribution >= 0.6 is 27.3 Å². The van der Waals surface area contributed by atoms with Gasteiger partial charge in [-0.25, -0.2) is 0 Å². The topological polar surface area (TPSA) is 32.3 Å². The third-order valence-corrected chi connectivity index (χ3v) is 3.72. The summed E-state index contributed by atoms with van der Waals surface area (Å²) in [4.78, 5) is 13.9. The average molecular weight is 345 g/mol. The van der Waals surface area contributed by atoms with E-state index in [1.54, 1.807) is 7.05 Å². The van der Waals surface area contributed by atoms with Gasteiger partial charge in [-0.15, -0.1) is 11.3 Å². The molecule has 102 valence electrons.